The molecule has 0 saturated heterocycles. The minimum atomic E-state index is -1.14. The van der Waals surface area contributed by atoms with Gasteiger partial charge in [0.2, 0.25) is 5.76 Å². The molecule has 0 aliphatic carbocycles. The van der Waals surface area contributed by atoms with Crippen molar-refractivity contribution in [3.63, 3.8) is 0 Å². The van der Waals surface area contributed by atoms with Gasteiger partial charge in [-0.05, 0) is 12.1 Å². The van der Waals surface area contributed by atoms with Gasteiger partial charge >= 0.3 is 11.9 Å². The maximum atomic E-state index is 10.7. The third-order valence-electron chi connectivity index (χ3n) is 1.54. The van der Waals surface area contributed by atoms with E-state index in [4.69, 9.17) is 14.3 Å². The van der Waals surface area contributed by atoms with Crippen LogP contribution in [0, 0.1) is 0 Å². The van der Waals surface area contributed by atoms with Crippen molar-refractivity contribution in [2.24, 2.45) is 0 Å². The zero-order valence-electron chi connectivity index (χ0n) is 7.65. The molecule has 0 aromatic carbocycles. The number of rotatable bonds is 4. The molecule has 0 bridgehead atoms. The lowest BCUT2D eigenvalue weighted by atomic mass is 10.4. The Kier molecular flexibility index (Phi) is 3.28. The lowest BCUT2D eigenvalue weighted by Crippen LogP contribution is -2.01. The van der Waals surface area contributed by atoms with Crippen LogP contribution < -0.4 is 0 Å². The summed E-state index contributed by atoms with van der Waals surface area (Å²) in [5, 5.41) is 8.52. The fourth-order valence-electron chi connectivity index (χ4n) is 0.824. The average Bonchev–Trinajstić information content (AvgIpc) is 2.62. The van der Waals surface area contributed by atoms with E-state index < -0.39 is 5.97 Å². The van der Waals surface area contributed by atoms with E-state index >= 15 is 0 Å². The van der Waals surface area contributed by atoms with Crippen LogP contribution in [0.3, 0.4) is 0 Å². The number of carboxylic acid groups (broad SMARTS) is 1. The lowest BCUT2D eigenvalue weighted by Gasteiger charge is -1.98. The molecule has 1 aromatic rings. The Bertz CT molecular complexity index is 339. The summed E-state index contributed by atoms with van der Waals surface area (Å²) in [7, 11) is 0. The molecular weight excluding hydrogens is 188 g/mol. The summed E-state index contributed by atoms with van der Waals surface area (Å²) in [4.78, 5) is 21.2. The van der Waals surface area contributed by atoms with Crippen molar-refractivity contribution >= 4 is 11.9 Å². The number of furan rings is 1. The maximum absolute atomic E-state index is 10.7. The second kappa shape index (κ2) is 4.45. The molecule has 1 aromatic heterocycles. The molecule has 5 nitrogen and oxygen atoms in total. The molecule has 1 rings (SSSR count). The van der Waals surface area contributed by atoms with Gasteiger partial charge in [-0.3, -0.25) is 4.79 Å². The highest BCUT2D eigenvalue weighted by molar-refractivity contribution is 5.84. The summed E-state index contributed by atoms with van der Waals surface area (Å²) in [6.45, 7) is 1.65. The van der Waals surface area contributed by atoms with Crippen LogP contribution in [0.5, 0.6) is 0 Å². The molecule has 0 spiro atoms. The number of hydrogen-bond acceptors (Lipinski definition) is 4. The van der Waals surface area contributed by atoms with Crippen LogP contribution >= 0.6 is 0 Å². The van der Waals surface area contributed by atoms with E-state index in [1.54, 1.807) is 6.92 Å². The molecule has 76 valence electrons. The van der Waals surface area contributed by atoms with Gasteiger partial charge in [-0.25, -0.2) is 4.79 Å². The summed E-state index contributed by atoms with van der Waals surface area (Å²) >= 11 is 0. The van der Waals surface area contributed by atoms with Gasteiger partial charge in [-0.2, -0.15) is 0 Å². The highest BCUT2D eigenvalue weighted by Crippen LogP contribution is 2.09. The zero-order valence-corrected chi connectivity index (χ0v) is 7.65. The molecule has 14 heavy (non-hydrogen) atoms. The summed E-state index contributed by atoms with van der Waals surface area (Å²) in [6.07, 6.45) is 0.284. The summed E-state index contributed by atoms with van der Waals surface area (Å²) < 4.78 is 9.61. The largest absolute Gasteiger partial charge is 0.475 e. The molecule has 0 unspecified atom stereocenters. The third-order valence-corrected chi connectivity index (χ3v) is 1.54. The van der Waals surface area contributed by atoms with Gasteiger partial charge in [-0.15, -0.1) is 0 Å². The van der Waals surface area contributed by atoms with Crippen LogP contribution in [0.15, 0.2) is 16.5 Å². The van der Waals surface area contributed by atoms with Gasteiger partial charge in [-0.1, -0.05) is 6.92 Å². The number of esters is 1. The summed E-state index contributed by atoms with van der Waals surface area (Å²) in [5.74, 6) is -1.33. The first kappa shape index (κ1) is 10.3. The Morgan fingerprint density at radius 3 is 2.71 bits per heavy atom. The normalized spacial score (nSPS) is 9.79. The van der Waals surface area contributed by atoms with E-state index in [2.05, 4.69) is 0 Å². The molecular formula is C9H10O5. The minimum Gasteiger partial charge on any atom is -0.475 e. The Labute approximate surface area is 80.3 Å². The van der Waals surface area contributed by atoms with Crippen LogP contribution in [0.25, 0.3) is 0 Å². The quantitative estimate of drug-likeness (QED) is 0.740. The van der Waals surface area contributed by atoms with Crippen molar-refractivity contribution in [1.82, 2.24) is 0 Å². The van der Waals surface area contributed by atoms with E-state index in [0.29, 0.717) is 5.76 Å². The first-order valence-electron chi connectivity index (χ1n) is 4.11. The second-order valence-electron chi connectivity index (χ2n) is 2.59. The zero-order chi connectivity index (χ0) is 10.6. The van der Waals surface area contributed by atoms with Crippen molar-refractivity contribution in [1.29, 1.82) is 0 Å². The molecule has 0 amide bonds. The van der Waals surface area contributed by atoms with Crippen molar-refractivity contribution in [2.45, 2.75) is 20.0 Å². The Morgan fingerprint density at radius 2 is 2.21 bits per heavy atom. The molecule has 0 saturated carbocycles. The van der Waals surface area contributed by atoms with E-state index in [9.17, 15) is 9.59 Å². The highest BCUT2D eigenvalue weighted by atomic mass is 16.5. The highest BCUT2D eigenvalue weighted by Gasteiger charge is 2.09. The fraction of sp³-hybridized carbons (Fsp3) is 0.333. The van der Waals surface area contributed by atoms with Crippen LogP contribution in [0.4, 0.5) is 0 Å². The molecule has 0 aliphatic rings. The van der Waals surface area contributed by atoms with Gasteiger partial charge in [0, 0.05) is 6.42 Å². The van der Waals surface area contributed by atoms with Gasteiger partial charge < -0.3 is 14.3 Å². The molecule has 0 radical (unpaired) electrons. The van der Waals surface area contributed by atoms with Gasteiger partial charge in [0.25, 0.3) is 0 Å². The molecule has 0 fully saturated rings. The molecule has 1 N–H and O–H groups in total. The first-order chi connectivity index (χ1) is 6.63. The summed E-state index contributed by atoms with van der Waals surface area (Å²) in [5.41, 5.74) is 0. The van der Waals surface area contributed by atoms with Crippen molar-refractivity contribution in [3.05, 3.63) is 23.7 Å². The van der Waals surface area contributed by atoms with Crippen molar-refractivity contribution < 1.29 is 23.8 Å². The number of ether oxygens (including phenoxy) is 1. The predicted molar refractivity (Wildman–Crippen MR) is 45.8 cm³/mol. The first-order valence-corrected chi connectivity index (χ1v) is 4.11. The Balaban J connectivity index is 2.52. The van der Waals surface area contributed by atoms with Crippen LogP contribution in [0.1, 0.15) is 29.7 Å². The van der Waals surface area contributed by atoms with E-state index in [1.807, 2.05) is 0 Å². The number of carbonyl (C=O) groups is 2. The van der Waals surface area contributed by atoms with E-state index in [0.717, 1.165) is 0 Å². The van der Waals surface area contributed by atoms with Crippen molar-refractivity contribution in [3.8, 4) is 0 Å². The van der Waals surface area contributed by atoms with Gasteiger partial charge in [0.1, 0.15) is 12.4 Å². The summed E-state index contributed by atoms with van der Waals surface area (Å²) in [6, 6.07) is 2.78. The number of carbonyl (C=O) groups excluding carboxylic acids is 1. The van der Waals surface area contributed by atoms with Crippen LogP contribution in [-0.2, 0) is 16.1 Å². The minimum absolute atomic E-state index is 0.0278. The Morgan fingerprint density at radius 1 is 1.50 bits per heavy atom. The number of aromatic carboxylic acids is 1. The molecule has 1 heterocycles. The number of hydrogen-bond donors (Lipinski definition) is 1. The topological polar surface area (TPSA) is 76.7 Å². The van der Waals surface area contributed by atoms with Crippen LogP contribution in [-0.4, -0.2) is 17.0 Å². The smallest absolute Gasteiger partial charge is 0.371 e. The SMILES string of the molecule is CCC(=O)OCc1ccc(C(=O)O)o1. The van der Waals surface area contributed by atoms with Gasteiger partial charge in [0.15, 0.2) is 0 Å². The van der Waals surface area contributed by atoms with Crippen molar-refractivity contribution in [2.75, 3.05) is 0 Å². The maximum Gasteiger partial charge on any atom is 0.371 e. The average molecular weight is 198 g/mol. The standard InChI is InChI=1S/C9H10O5/c1-2-8(10)13-5-6-3-4-7(14-6)9(11)12/h3-4H,2,5H2,1H3,(H,11,12). The predicted octanol–water partition coefficient (Wildman–Crippen LogP) is 1.43. The van der Waals surface area contributed by atoms with E-state index in [-0.39, 0.29) is 24.8 Å². The molecule has 0 aliphatic heterocycles. The lowest BCUT2D eigenvalue weighted by molar-refractivity contribution is -0.145. The fourth-order valence-corrected chi connectivity index (χ4v) is 0.824. The van der Waals surface area contributed by atoms with Crippen LogP contribution in [0.2, 0.25) is 0 Å². The third kappa shape index (κ3) is 2.62. The second-order valence-corrected chi connectivity index (χ2v) is 2.59. The Hall–Kier alpha value is -1.78. The molecule has 5 heteroatoms. The van der Waals surface area contributed by atoms with Gasteiger partial charge in [0.05, 0.1) is 0 Å². The van der Waals surface area contributed by atoms with E-state index in [1.165, 1.54) is 12.1 Å². The number of carboxylic acids is 1. The molecule has 0 atom stereocenters. The monoisotopic (exact) mass is 198 g/mol.